The van der Waals surface area contributed by atoms with Crippen LogP contribution in [0.4, 0.5) is 4.79 Å². The number of ether oxygens (including phenoxy) is 1. The van der Waals surface area contributed by atoms with Crippen molar-refractivity contribution < 1.29 is 17.9 Å². The Bertz CT molecular complexity index is 516. The molecular weight excluding hydrogens is 278 g/mol. The van der Waals surface area contributed by atoms with E-state index in [1.165, 1.54) is 18.2 Å². The minimum atomic E-state index is -3.98. The van der Waals surface area contributed by atoms with Crippen molar-refractivity contribution in [3.8, 4) is 0 Å². The van der Waals surface area contributed by atoms with Gasteiger partial charge < -0.3 is 4.74 Å². The second-order valence-electron chi connectivity index (χ2n) is 3.53. The lowest BCUT2D eigenvalue weighted by Crippen LogP contribution is -2.31. The third kappa shape index (κ3) is 4.19. The Kier molecular flexibility index (Phi) is 5.43. The minimum Gasteiger partial charge on any atom is -0.449 e. The molecule has 1 rings (SSSR count). The van der Waals surface area contributed by atoms with Gasteiger partial charge in [-0.25, -0.2) is 17.9 Å². The predicted octanol–water partition coefficient (Wildman–Crippen LogP) is 2.56. The molecule has 18 heavy (non-hydrogen) atoms. The quantitative estimate of drug-likeness (QED) is 0.846. The van der Waals surface area contributed by atoms with Crippen LogP contribution < -0.4 is 4.72 Å². The molecule has 0 radical (unpaired) electrons. The topological polar surface area (TPSA) is 72.5 Å². The average Bonchev–Trinajstić information content (AvgIpc) is 2.29. The van der Waals surface area contributed by atoms with Gasteiger partial charge in [0.25, 0.3) is 10.0 Å². The average molecular weight is 292 g/mol. The molecule has 0 aliphatic rings. The summed E-state index contributed by atoms with van der Waals surface area (Å²) in [4.78, 5) is 11.1. The van der Waals surface area contributed by atoms with Gasteiger partial charge in [0.15, 0.2) is 0 Å². The fourth-order valence-electron chi connectivity index (χ4n) is 1.17. The number of rotatable bonds is 5. The Morgan fingerprint density at radius 2 is 2.06 bits per heavy atom. The number of halogens is 1. The number of hydrogen-bond donors (Lipinski definition) is 1. The van der Waals surface area contributed by atoms with Crippen molar-refractivity contribution in [3.05, 3.63) is 29.3 Å². The van der Waals surface area contributed by atoms with Crippen molar-refractivity contribution in [2.45, 2.75) is 24.7 Å². The largest absolute Gasteiger partial charge is 0.449 e. The maximum Gasteiger partial charge on any atom is 0.421 e. The van der Waals surface area contributed by atoms with Crippen LogP contribution in [-0.4, -0.2) is 21.1 Å². The van der Waals surface area contributed by atoms with Crippen LogP contribution in [0.5, 0.6) is 0 Å². The molecule has 5 nitrogen and oxygen atoms in total. The number of benzene rings is 1. The lowest BCUT2D eigenvalue weighted by molar-refractivity contribution is 0.151. The molecule has 0 fully saturated rings. The zero-order chi connectivity index (χ0) is 13.6. The first-order chi connectivity index (χ1) is 8.47. The van der Waals surface area contributed by atoms with E-state index in [-0.39, 0.29) is 16.5 Å². The van der Waals surface area contributed by atoms with Crippen molar-refractivity contribution in [2.75, 3.05) is 6.61 Å². The molecule has 1 aromatic carbocycles. The fourth-order valence-corrected chi connectivity index (χ4v) is 2.58. The van der Waals surface area contributed by atoms with Crippen molar-refractivity contribution >= 4 is 27.7 Å². The van der Waals surface area contributed by atoms with E-state index in [1.807, 2.05) is 6.92 Å². The second-order valence-corrected chi connectivity index (χ2v) is 5.58. The monoisotopic (exact) mass is 291 g/mol. The third-order valence-corrected chi connectivity index (χ3v) is 3.89. The first-order valence-electron chi connectivity index (χ1n) is 5.41. The van der Waals surface area contributed by atoms with Gasteiger partial charge in [0, 0.05) is 0 Å². The van der Waals surface area contributed by atoms with Crippen molar-refractivity contribution in [1.29, 1.82) is 0 Å². The summed E-state index contributed by atoms with van der Waals surface area (Å²) >= 11 is 5.75. The minimum absolute atomic E-state index is 0.0476. The van der Waals surface area contributed by atoms with Gasteiger partial charge in [-0.3, -0.25) is 0 Å². The molecule has 0 aliphatic carbocycles. The molecule has 1 amide bonds. The van der Waals surface area contributed by atoms with Gasteiger partial charge in [-0.05, 0) is 18.6 Å². The third-order valence-electron chi connectivity index (χ3n) is 2.07. The van der Waals surface area contributed by atoms with E-state index in [1.54, 1.807) is 10.8 Å². The zero-order valence-electron chi connectivity index (χ0n) is 9.85. The number of unbranched alkanes of at least 4 members (excludes halogenated alkanes) is 1. The molecule has 0 bridgehead atoms. The van der Waals surface area contributed by atoms with Crippen molar-refractivity contribution in [1.82, 2.24) is 4.72 Å². The molecule has 0 saturated carbocycles. The molecule has 0 heterocycles. The van der Waals surface area contributed by atoms with E-state index < -0.39 is 16.1 Å². The van der Waals surface area contributed by atoms with Crippen LogP contribution in [-0.2, 0) is 14.8 Å². The summed E-state index contributed by atoms with van der Waals surface area (Å²) < 4.78 is 30.1. The van der Waals surface area contributed by atoms with Crippen LogP contribution in [0, 0.1) is 0 Å². The van der Waals surface area contributed by atoms with Gasteiger partial charge in [0.2, 0.25) is 0 Å². The Balaban J connectivity index is 2.71. The highest BCUT2D eigenvalue weighted by Crippen LogP contribution is 2.20. The number of hydrogen-bond acceptors (Lipinski definition) is 4. The first-order valence-corrected chi connectivity index (χ1v) is 7.27. The van der Waals surface area contributed by atoms with E-state index in [2.05, 4.69) is 0 Å². The predicted molar refractivity (Wildman–Crippen MR) is 68.0 cm³/mol. The smallest absolute Gasteiger partial charge is 0.421 e. The molecule has 0 atom stereocenters. The molecule has 0 saturated heterocycles. The Morgan fingerprint density at radius 1 is 1.39 bits per heavy atom. The van der Waals surface area contributed by atoms with E-state index in [9.17, 15) is 13.2 Å². The zero-order valence-corrected chi connectivity index (χ0v) is 11.4. The molecule has 0 aliphatic heterocycles. The van der Waals surface area contributed by atoms with Gasteiger partial charge >= 0.3 is 6.09 Å². The van der Waals surface area contributed by atoms with Crippen LogP contribution >= 0.6 is 11.6 Å². The summed E-state index contributed by atoms with van der Waals surface area (Å²) in [5.41, 5.74) is 0. The van der Waals surface area contributed by atoms with Crippen molar-refractivity contribution in [3.63, 3.8) is 0 Å². The molecule has 0 aromatic heterocycles. The SMILES string of the molecule is CCCCOC(=O)NS(=O)(=O)c1ccccc1Cl. The maximum absolute atomic E-state index is 11.8. The lowest BCUT2D eigenvalue weighted by Gasteiger charge is -2.08. The normalized spacial score (nSPS) is 11.0. The maximum atomic E-state index is 11.8. The molecule has 100 valence electrons. The Morgan fingerprint density at radius 3 is 2.67 bits per heavy atom. The molecule has 1 N–H and O–H groups in total. The number of carbonyl (C=O) groups excluding carboxylic acids is 1. The van der Waals surface area contributed by atoms with Crippen LogP contribution in [0.1, 0.15) is 19.8 Å². The highest BCUT2D eigenvalue weighted by atomic mass is 35.5. The van der Waals surface area contributed by atoms with Crippen LogP contribution in [0.3, 0.4) is 0 Å². The standard InChI is InChI=1S/C11H14ClNO4S/c1-2-3-8-17-11(14)13-18(15,16)10-7-5-4-6-9(10)12/h4-7H,2-3,8H2,1H3,(H,13,14). The van der Waals surface area contributed by atoms with Gasteiger partial charge in [0.05, 0.1) is 11.6 Å². The number of amides is 1. The summed E-state index contributed by atoms with van der Waals surface area (Å²) in [5.74, 6) is 0. The molecule has 0 spiro atoms. The number of carbonyl (C=O) groups is 1. The van der Waals surface area contributed by atoms with Gasteiger partial charge in [0.1, 0.15) is 4.90 Å². The van der Waals surface area contributed by atoms with Crippen LogP contribution in [0.25, 0.3) is 0 Å². The van der Waals surface area contributed by atoms with E-state index >= 15 is 0 Å². The van der Waals surface area contributed by atoms with Crippen LogP contribution in [0.15, 0.2) is 29.2 Å². The molecule has 0 unspecified atom stereocenters. The summed E-state index contributed by atoms with van der Waals surface area (Å²) in [7, 11) is -3.98. The van der Waals surface area contributed by atoms with Gasteiger partial charge in [-0.1, -0.05) is 37.1 Å². The van der Waals surface area contributed by atoms with Crippen LogP contribution in [0.2, 0.25) is 5.02 Å². The Hall–Kier alpha value is -1.27. The summed E-state index contributed by atoms with van der Waals surface area (Å²) in [6, 6.07) is 5.85. The van der Waals surface area contributed by atoms with Crippen molar-refractivity contribution in [2.24, 2.45) is 0 Å². The highest BCUT2D eigenvalue weighted by molar-refractivity contribution is 7.90. The molecular formula is C11H14ClNO4S. The first kappa shape index (κ1) is 14.8. The van der Waals surface area contributed by atoms with Gasteiger partial charge in [-0.15, -0.1) is 0 Å². The van der Waals surface area contributed by atoms with E-state index in [0.717, 1.165) is 6.42 Å². The fraction of sp³-hybridized carbons (Fsp3) is 0.364. The highest BCUT2D eigenvalue weighted by Gasteiger charge is 2.20. The van der Waals surface area contributed by atoms with E-state index in [0.29, 0.717) is 6.42 Å². The number of nitrogens with one attached hydrogen (secondary N) is 1. The summed E-state index contributed by atoms with van der Waals surface area (Å²) in [6.07, 6.45) is 0.535. The summed E-state index contributed by atoms with van der Waals surface area (Å²) in [6.45, 7) is 2.11. The number of sulfonamides is 1. The molecule has 1 aromatic rings. The van der Waals surface area contributed by atoms with E-state index in [4.69, 9.17) is 16.3 Å². The second kappa shape index (κ2) is 6.61. The Labute approximate surface area is 111 Å². The van der Waals surface area contributed by atoms with Gasteiger partial charge in [-0.2, -0.15) is 0 Å². The summed E-state index contributed by atoms with van der Waals surface area (Å²) in [5, 5.41) is 0.0476. The lowest BCUT2D eigenvalue weighted by atomic mass is 10.4. The molecule has 7 heteroatoms.